The maximum absolute atomic E-state index is 11.3. The second-order valence-corrected chi connectivity index (χ2v) is 4.12. The van der Waals surface area contributed by atoms with E-state index in [1.54, 1.807) is 0 Å². The quantitative estimate of drug-likeness (QED) is 0.337. The molecule has 1 aromatic carbocycles. The van der Waals surface area contributed by atoms with Crippen LogP contribution in [0.2, 0.25) is 0 Å². The van der Waals surface area contributed by atoms with Gasteiger partial charge in [0.15, 0.2) is 5.11 Å². The number of aromatic hydroxyl groups is 1. The van der Waals surface area contributed by atoms with Gasteiger partial charge in [0.2, 0.25) is 5.91 Å². The lowest BCUT2D eigenvalue weighted by Gasteiger charge is -2.10. The summed E-state index contributed by atoms with van der Waals surface area (Å²) in [6.45, 7) is 1.85. The molecule has 0 atom stereocenters. The van der Waals surface area contributed by atoms with Crippen LogP contribution < -0.4 is 10.6 Å². The summed E-state index contributed by atoms with van der Waals surface area (Å²) in [7, 11) is 0. The molecule has 0 aromatic heterocycles. The Labute approximate surface area is 114 Å². The summed E-state index contributed by atoms with van der Waals surface area (Å²) in [4.78, 5) is 21.3. The SMILES string of the molecule is CCCC(=O)NC(=S)Nc1cc([N+](=O)[O-])ccc1O. The van der Waals surface area contributed by atoms with Gasteiger partial charge in [0, 0.05) is 18.6 Å². The van der Waals surface area contributed by atoms with Gasteiger partial charge in [-0.25, -0.2) is 0 Å². The number of hydrogen-bond acceptors (Lipinski definition) is 5. The van der Waals surface area contributed by atoms with Gasteiger partial charge < -0.3 is 15.7 Å². The molecule has 0 heterocycles. The number of nitro benzene ring substituents is 1. The Kier molecular flexibility index (Phi) is 5.19. The predicted octanol–water partition coefficient (Wildman–Crippen LogP) is 1.91. The first-order chi connectivity index (χ1) is 8.93. The van der Waals surface area contributed by atoms with Crippen molar-refractivity contribution in [2.75, 3.05) is 5.32 Å². The smallest absolute Gasteiger partial charge is 0.271 e. The molecular weight excluding hydrogens is 270 g/mol. The van der Waals surface area contributed by atoms with Crippen molar-refractivity contribution < 1.29 is 14.8 Å². The van der Waals surface area contributed by atoms with Crippen LogP contribution in [-0.2, 0) is 4.79 Å². The maximum Gasteiger partial charge on any atom is 0.271 e. The van der Waals surface area contributed by atoms with Crippen molar-refractivity contribution in [3.8, 4) is 5.75 Å². The maximum atomic E-state index is 11.3. The number of carbonyl (C=O) groups excluding carboxylic acids is 1. The first kappa shape index (κ1) is 14.8. The minimum atomic E-state index is -0.594. The Morgan fingerprint density at radius 3 is 2.79 bits per heavy atom. The minimum absolute atomic E-state index is 0.0192. The number of rotatable bonds is 4. The van der Waals surface area contributed by atoms with Crippen LogP contribution in [0.15, 0.2) is 18.2 Å². The number of nitro groups is 1. The molecule has 0 radical (unpaired) electrons. The highest BCUT2D eigenvalue weighted by Gasteiger charge is 2.12. The molecule has 102 valence electrons. The molecule has 0 fully saturated rings. The highest BCUT2D eigenvalue weighted by molar-refractivity contribution is 7.80. The van der Waals surface area contributed by atoms with Crippen molar-refractivity contribution in [3.63, 3.8) is 0 Å². The van der Waals surface area contributed by atoms with Crippen LogP contribution in [-0.4, -0.2) is 21.0 Å². The van der Waals surface area contributed by atoms with E-state index < -0.39 is 4.92 Å². The minimum Gasteiger partial charge on any atom is -0.506 e. The Balaban J connectivity index is 2.76. The van der Waals surface area contributed by atoms with E-state index in [0.29, 0.717) is 12.8 Å². The van der Waals surface area contributed by atoms with E-state index in [9.17, 15) is 20.0 Å². The number of nitrogens with one attached hydrogen (secondary N) is 2. The van der Waals surface area contributed by atoms with Gasteiger partial charge in [0.1, 0.15) is 5.75 Å². The molecule has 8 heteroatoms. The number of thiocarbonyl (C=S) groups is 1. The van der Waals surface area contributed by atoms with Crippen LogP contribution in [0.3, 0.4) is 0 Å². The van der Waals surface area contributed by atoms with E-state index >= 15 is 0 Å². The molecule has 0 spiro atoms. The van der Waals surface area contributed by atoms with Crippen molar-refractivity contribution in [3.05, 3.63) is 28.3 Å². The number of carbonyl (C=O) groups is 1. The van der Waals surface area contributed by atoms with Crippen LogP contribution in [0.4, 0.5) is 11.4 Å². The van der Waals surface area contributed by atoms with E-state index in [0.717, 1.165) is 6.07 Å². The molecular formula is C11H13N3O4S. The zero-order chi connectivity index (χ0) is 14.4. The number of hydrogen-bond donors (Lipinski definition) is 3. The zero-order valence-electron chi connectivity index (χ0n) is 10.2. The van der Waals surface area contributed by atoms with E-state index in [1.165, 1.54) is 12.1 Å². The predicted molar refractivity (Wildman–Crippen MR) is 74.0 cm³/mol. The monoisotopic (exact) mass is 283 g/mol. The van der Waals surface area contributed by atoms with Crippen molar-refractivity contribution >= 4 is 34.6 Å². The molecule has 1 aromatic rings. The van der Waals surface area contributed by atoms with Crippen LogP contribution >= 0.6 is 12.2 Å². The highest BCUT2D eigenvalue weighted by Crippen LogP contribution is 2.27. The lowest BCUT2D eigenvalue weighted by atomic mass is 10.2. The van der Waals surface area contributed by atoms with Crippen LogP contribution in [0.25, 0.3) is 0 Å². The summed E-state index contributed by atoms with van der Waals surface area (Å²) < 4.78 is 0. The molecule has 0 bridgehead atoms. The topological polar surface area (TPSA) is 104 Å². The third-order valence-corrected chi connectivity index (χ3v) is 2.37. The molecule has 0 aliphatic heterocycles. The molecule has 3 N–H and O–H groups in total. The number of nitrogens with zero attached hydrogens (tertiary/aromatic N) is 1. The van der Waals surface area contributed by atoms with E-state index in [4.69, 9.17) is 12.2 Å². The van der Waals surface area contributed by atoms with Crippen LogP contribution in [0.5, 0.6) is 5.75 Å². The van der Waals surface area contributed by atoms with Gasteiger partial charge >= 0.3 is 0 Å². The Bertz CT molecular complexity index is 519. The molecule has 0 saturated carbocycles. The largest absolute Gasteiger partial charge is 0.506 e. The first-order valence-electron chi connectivity index (χ1n) is 5.52. The molecule has 19 heavy (non-hydrogen) atoms. The fourth-order valence-corrected chi connectivity index (χ4v) is 1.53. The molecule has 1 rings (SSSR count). The summed E-state index contributed by atoms with van der Waals surface area (Å²) in [5, 5.41) is 25.1. The van der Waals surface area contributed by atoms with Crippen LogP contribution in [0, 0.1) is 10.1 Å². The van der Waals surface area contributed by atoms with E-state index in [-0.39, 0.29) is 28.1 Å². The molecule has 1 amide bonds. The van der Waals surface area contributed by atoms with Gasteiger partial charge in [-0.3, -0.25) is 14.9 Å². The average Bonchev–Trinajstić information content (AvgIpc) is 2.31. The summed E-state index contributed by atoms with van der Waals surface area (Å²) in [6.07, 6.45) is 0.999. The first-order valence-corrected chi connectivity index (χ1v) is 5.93. The van der Waals surface area contributed by atoms with Gasteiger partial charge in [-0.15, -0.1) is 0 Å². The van der Waals surface area contributed by atoms with Crippen molar-refractivity contribution in [1.82, 2.24) is 5.32 Å². The fraction of sp³-hybridized carbons (Fsp3) is 0.273. The van der Waals surface area contributed by atoms with Gasteiger partial charge in [-0.05, 0) is 24.7 Å². The fourth-order valence-electron chi connectivity index (χ4n) is 1.31. The third-order valence-electron chi connectivity index (χ3n) is 2.17. The van der Waals surface area contributed by atoms with Gasteiger partial charge in [0.05, 0.1) is 10.6 Å². The lowest BCUT2D eigenvalue weighted by Crippen LogP contribution is -2.33. The van der Waals surface area contributed by atoms with E-state index in [2.05, 4.69) is 10.6 Å². The second kappa shape index (κ2) is 6.64. The number of non-ortho nitro benzene ring substituents is 1. The Hall–Kier alpha value is -2.22. The Morgan fingerprint density at radius 1 is 1.53 bits per heavy atom. The highest BCUT2D eigenvalue weighted by atomic mass is 32.1. The molecule has 0 aliphatic rings. The number of anilines is 1. The molecule has 0 saturated heterocycles. The molecule has 7 nitrogen and oxygen atoms in total. The van der Waals surface area contributed by atoms with Crippen molar-refractivity contribution in [2.45, 2.75) is 19.8 Å². The van der Waals surface area contributed by atoms with Gasteiger partial charge in [-0.2, -0.15) is 0 Å². The number of phenols is 1. The summed E-state index contributed by atoms with van der Waals surface area (Å²) >= 11 is 4.87. The van der Waals surface area contributed by atoms with Gasteiger partial charge in [0.25, 0.3) is 5.69 Å². The van der Waals surface area contributed by atoms with Gasteiger partial charge in [-0.1, -0.05) is 6.92 Å². The van der Waals surface area contributed by atoms with E-state index in [1.807, 2.05) is 6.92 Å². The average molecular weight is 283 g/mol. The second-order valence-electron chi connectivity index (χ2n) is 3.71. The Morgan fingerprint density at radius 2 is 2.21 bits per heavy atom. The van der Waals surface area contributed by atoms with Crippen molar-refractivity contribution in [1.29, 1.82) is 0 Å². The zero-order valence-corrected chi connectivity index (χ0v) is 11.0. The summed E-state index contributed by atoms with van der Waals surface area (Å²) in [5.74, 6) is -0.456. The summed E-state index contributed by atoms with van der Waals surface area (Å²) in [5.41, 5.74) is -0.126. The standard InChI is InChI=1S/C11H13N3O4S/c1-2-3-10(16)13-11(19)12-8-6-7(14(17)18)4-5-9(8)15/h4-6,15H,2-3H2,1H3,(H2,12,13,16,19). The number of benzene rings is 1. The lowest BCUT2D eigenvalue weighted by molar-refractivity contribution is -0.384. The molecule has 0 aliphatic carbocycles. The van der Waals surface area contributed by atoms with Crippen molar-refractivity contribution in [2.24, 2.45) is 0 Å². The number of amides is 1. The molecule has 0 unspecified atom stereocenters. The third kappa shape index (κ3) is 4.51. The summed E-state index contributed by atoms with van der Waals surface area (Å²) in [6, 6.07) is 3.48. The number of phenolic OH excluding ortho intramolecular Hbond substituents is 1. The van der Waals surface area contributed by atoms with Crippen LogP contribution in [0.1, 0.15) is 19.8 Å². The normalized spacial score (nSPS) is 9.74.